The summed E-state index contributed by atoms with van der Waals surface area (Å²) in [6.07, 6.45) is -0.478. The van der Waals surface area contributed by atoms with E-state index in [1.807, 2.05) is 62.9 Å². The average molecular weight is 499 g/mol. The molecule has 0 spiro atoms. The molecule has 0 saturated carbocycles. The van der Waals surface area contributed by atoms with Crippen LogP contribution >= 0.6 is 22.7 Å². The van der Waals surface area contributed by atoms with Crippen LogP contribution in [-0.4, -0.2) is 50.5 Å². The average Bonchev–Trinajstić information content (AvgIpc) is 3.52. The summed E-state index contributed by atoms with van der Waals surface area (Å²) in [6.45, 7) is 8.38. The van der Waals surface area contributed by atoms with Crippen LogP contribution < -0.4 is 5.32 Å². The Bertz CT molecular complexity index is 1160. The van der Waals surface area contributed by atoms with Gasteiger partial charge in [-0.1, -0.05) is 38.1 Å². The van der Waals surface area contributed by atoms with Crippen LogP contribution in [0.25, 0.3) is 10.4 Å². The smallest absolute Gasteiger partial charge is 0.243 e. The van der Waals surface area contributed by atoms with Crippen molar-refractivity contribution in [2.75, 3.05) is 6.54 Å². The summed E-state index contributed by atoms with van der Waals surface area (Å²) in [5.74, 6) is -0.810. The van der Waals surface area contributed by atoms with Gasteiger partial charge in [-0.2, -0.15) is 0 Å². The molecule has 180 valence electrons. The highest BCUT2D eigenvalue weighted by Crippen LogP contribution is 2.31. The van der Waals surface area contributed by atoms with Crippen LogP contribution in [0.4, 0.5) is 0 Å². The van der Waals surface area contributed by atoms with E-state index in [2.05, 4.69) is 15.3 Å². The molecule has 1 aliphatic rings. The molecule has 3 atom stereocenters. The van der Waals surface area contributed by atoms with Gasteiger partial charge < -0.3 is 15.3 Å². The van der Waals surface area contributed by atoms with E-state index in [4.69, 9.17) is 0 Å². The number of likely N-dealkylation sites (tertiary alicyclic amines) is 1. The third-order valence-corrected chi connectivity index (χ3v) is 7.95. The molecule has 3 heterocycles. The molecule has 3 aromatic rings. The molecule has 7 nitrogen and oxygen atoms in total. The van der Waals surface area contributed by atoms with Crippen molar-refractivity contribution < 1.29 is 14.7 Å². The summed E-state index contributed by atoms with van der Waals surface area (Å²) in [4.78, 5) is 38.1. The minimum atomic E-state index is -0.716. The van der Waals surface area contributed by atoms with Crippen LogP contribution in [0.5, 0.6) is 0 Å². The van der Waals surface area contributed by atoms with Crippen LogP contribution in [-0.2, 0) is 16.1 Å². The summed E-state index contributed by atoms with van der Waals surface area (Å²) in [7, 11) is 0. The minimum absolute atomic E-state index is 0.0242. The van der Waals surface area contributed by atoms with Gasteiger partial charge in [-0.05, 0) is 30.9 Å². The molecule has 34 heavy (non-hydrogen) atoms. The summed E-state index contributed by atoms with van der Waals surface area (Å²) < 4.78 is 0. The van der Waals surface area contributed by atoms with Gasteiger partial charge >= 0.3 is 0 Å². The van der Waals surface area contributed by atoms with Crippen molar-refractivity contribution >= 4 is 34.5 Å². The molecule has 4 rings (SSSR count). The number of carbonyl (C=O) groups is 2. The number of aliphatic hydroxyl groups excluding tert-OH is 1. The third-order valence-electron chi connectivity index (χ3n) is 6.18. The number of β-amino-alcohol motifs (C(OH)–C–C–N with tert-alkyl or cyclic N) is 1. The molecule has 2 amide bonds. The van der Waals surface area contributed by atoms with Crippen molar-refractivity contribution in [2.45, 2.75) is 58.7 Å². The lowest BCUT2D eigenvalue weighted by atomic mass is 9.91. The van der Waals surface area contributed by atoms with E-state index in [1.165, 1.54) is 16.2 Å². The summed E-state index contributed by atoms with van der Waals surface area (Å²) in [5, 5.41) is 16.1. The monoisotopic (exact) mass is 498 g/mol. The van der Waals surface area contributed by atoms with E-state index in [9.17, 15) is 14.7 Å². The standard InChI is InChI=1S/C25H30N4O3S2/c1-14(2)22(20-12-33-16(4)28-20)25(32)29-11-19(30)9-21(29)24(31)26-10-17-5-7-18(8-6-17)23-15(3)27-13-34-23/h5-8,12-14,19,21-22,30H,9-11H2,1-4H3,(H,26,31)/t19-,21+,22-/m1/s1. The Morgan fingerprint density at radius 3 is 2.53 bits per heavy atom. The van der Waals surface area contributed by atoms with E-state index >= 15 is 0 Å². The quantitative estimate of drug-likeness (QED) is 0.515. The zero-order chi connectivity index (χ0) is 24.4. The molecule has 0 radical (unpaired) electrons. The van der Waals surface area contributed by atoms with Gasteiger partial charge in [0.1, 0.15) is 6.04 Å². The Morgan fingerprint density at radius 2 is 1.94 bits per heavy atom. The lowest BCUT2D eigenvalue weighted by Crippen LogP contribution is -2.48. The Kier molecular flexibility index (Phi) is 7.45. The first-order valence-electron chi connectivity index (χ1n) is 11.4. The number of nitrogens with zero attached hydrogens (tertiary/aromatic N) is 3. The van der Waals surface area contributed by atoms with Crippen LogP contribution in [0, 0.1) is 19.8 Å². The van der Waals surface area contributed by atoms with Gasteiger partial charge in [0.25, 0.3) is 0 Å². The Morgan fingerprint density at radius 1 is 1.21 bits per heavy atom. The van der Waals surface area contributed by atoms with Gasteiger partial charge in [0.2, 0.25) is 11.8 Å². The number of thiazole rings is 2. The van der Waals surface area contributed by atoms with Crippen LogP contribution in [0.3, 0.4) is 0 Å². The van der Waals surface area contributed by atoms with Gasteiger partial charge in [0.05, 0.1) is 38.8 Å². The first-order chi connectivity index (χ1) is 16.2. The van der Waals surface area contributed by atoms with Gasteiger partial charge in [0, 0.05) is 24.9 Å². The van der Waals surface area contributed by atoms with Crippen molar-refractivity contribution in [1.29, 1.82) is 0 Å². The van der Waals surface area contributed by atoms with Crippen LogP contribution in [0.15, 0.2) is 35.2 Å². The molecule has 9 heteroatoms. The van der Waals surface area contributed by atoms with E-state index < -0.39 is 18.1 Å². The van der Waals surface area contributed by atoms with Gasteiger partial charge in [-0.3, -0.25) is 9.59 Å². The minimum Gasteiger partial charge on any atom is -0.391 e. The number of aryl methyl sites for hydroxylation is 2. The van der Waals surface area contributed by atoms with E-state index in [1.54, 1.807) is 11.3 Å². The lowest BCUT2D eigenvalue weighted by molar-refractivity contribution is -0.140. The molecule has 2 aromatic heterocycles. The number of benzene rings is 1. The van der Waals surface area contributed by atoms with Crippen molar-refractivity contribution in [3.63, 3.8) is 0 Å². The molecule has 1 fully saturated rings. The predicted octanol–water partition coefficient (Wildman–Crippen LogP) is 3.90. The number of aromatic nitrogens is 2. The van der Waals surface area contributed by atoms with Crippen molar-refractivity contribution in [1.82, 2.24) is 20.2 Å². The Balaban J connectivity index is 1.43. The van der Waals surface area contributed by atoms with Gasteiger partial charge in [-0.25, -0.2) is 9.97 Å². The molecule has 1 aliphatic heterocycles. The normalized spacial score (nSPS) is 18.9. The second kappa shape index (κ2) is 10.3. The fraction of sp³-hybridized carbons (Fsp3) is 0.440. The molecule has 0 unspecified atom stereocenters. The maximum Gasteiger partial charge on any atom is 0.243 e. The van der Waals surface area contributed by atoms with Crippen molar-refractivity contribution in [2.24, 2.45) is 5.92 Å². The summed E-state index contributed by atoms with van der Waals surface area (Å²) >= 11 is 3.12. The zero-order valence-electron chi connectivity index (χ0n) is 19.8. The largest absolute Gasteiger partial charge is 0.391 e. The van der Waals surface area contributed by atoms with Gasteiger partial charge in [-0.15, -0.1) is 22.7 Å². The van der Waals surface area contributed by atoms with E-state index in [0.717, 1.165) is 32.4 Å². The second-order valence-corrected chi connectivity index (χ2v) is 11.0. The SMILES string of the molecule is Cc1nc([C@H](C(=O)N2C[C@H](O)C[C@H]2C(=O)NCc2ccc(-c3scnc3C)cc2)C(C)C)cs1. The summed E-state index contributed by atoms with van der Waals surface area (Å²) in [5.41, 5.74) is 5.64. The number of amides is 2. The highest BCUT2D eigenvalue weighted by atomic mass is 32.1. The molecule has 0 bridgehead atoms. The molecular weight excluding hydrogens is 468 g/mol. The number of aliphatic hydroxyl groups is 1. The van der Waals surface area contributed by atoms with Crippen LogP contribution in [0.1, 0.15) is 48.1 Å². The molecule has 1 saturated heterocycles. The number of hydrogen-bond acceptors (Lipinski definition) is 7. The predicted molar refractivity (Wildman–Crippen MR) is 135 cm³/mol. The van der Waals surface area contributed by atoms with Crippen molar-refractivity contribution in [3.8, 4) is 10.4 Å². The van der Waals surface area contributed by atoms with E-state index in [-0.39, 0.29) is 30.7 Å². The fourth-order valence-corrected chi connectivity index (χ4v) is 5.88. The van der Waals surface area contributed by atoms with E-state index in [0.29, 0.717) is 6.54 Å². The fourth-order valence-electron chi connectivity index (χ4n) is 4.42. The number of nitrogens with one attached hydrogen (secondary N) is 1. The number of carbonyl (C=O) groups excluding carboxylic acids is 2. The van der Waals surface area contributed by atoms with Crippen molar-refractivity contribution in [3.05, 3.63) is 57.1 Å². The number of hydrogen-bond donors (Lipinski definition) is 2. The maximum absolute atomic E-state index is 13.5. The highest BCUT2D eigenvalue weighted by Gasteiger charge is 2.42. The Hall–Kier alpha value is -2.62. The topological polar surface area (TPSA) is 95.4 Å². The third kappa shape index (κ3) is 5.21. The zero-order valence-corrected chi connectivity index (χ0v) is 21.4. The number of rotatable bonds is 7. The molecule has 1 aromatic carbocycles. The first-order valence-corrected chi connectivity index (χ1v) is 13.2. The summed E-state index contributed by atoms with van der Waals surface area (Å²) in [6, 6.07) is 7.34. The molecule has 2 N–H and O–H groups in total. The van der Waals surface area contributed by atoms with Crippen LogP contribution in [0.2, 0.25) is 0 Å². The molecule has 0 aliphatic carbocycles. The first kappa shape index (κ1) is 24.5. The molecular formula is C25H30N4O3S2. The highest BCUT2D eigenvalue weighted by molar-refractivity contribution is 7.13. The second-order valence-electron chi connectivity index (χ2n) is 9.09. The Labute approximate surface area is 207 Å². The lowest BCUT2D eigenvalue weighted by Gasteiger charge is -2.29. The maximum atomic E-state index is 13.5. The van der Waals surface area contributed by atoms with Gasteiger partial charge in [0.15, 0.2) is 0 Å².